The Hall–Kier alpha value is -3.52. The minimum Gasteiger partial charge on any atom is -0.335 e. The lowest BCUT2D eigenvalue weighted by atomic mass is 10.0. The van der Waals surface area contributed by atoms with Crippen molar-refractivity contribution < 1.29 is 9.59 Å². The molecule has 8 heteroatoms. The summed E-state index contributed by atoms with van der Waals surface area (Å²) in [5.41, 5.74) is 2.20. The van der Waals surface area contributed by atoms with Crippen LogP contribution < -0.4 is 22.1 Å². The Morgan fingerprint density at radius 2 is 1.64 bits per heavy atom. The average Bonchev–Trinajstić information content (AvgIpc) is 2.67. The number of aromatic amines is 1. The summed E-state index contributed by atoms with van der Waals surface area (Å²) >= 11 is 0. The van der Waals surface area contributed by atoms with Gasteiger partial charge in [0.25, 0.3) is 17.4 Å². The van der Waals surface area contributed by atoms with E-state index in [9.17, 15) is 14.4 Å². The highest BCUT2D eigenvalue weighted by atomic mass is 16.2. The van der Waals surface area contributed by atoms with Gasteiger partial charge in [0.1, 0.15) is 5.69 Å². The maximum Gasteiger partial charge on any atom is 0.272 e. The van der Waals surface area contributed by atoms with E-state index in [2.05, 4.69) is 15.5 Å². The molecule has 25 heavy (non-hydrogen) atoms. The van der Waals surface area contributed by atoms with Gasteiger partial charge in [-0.1, -0.05) is 36.4 Å². The number of hydrogen-bond acceptors (Lipinski definition) is 5. The fourth-order valence-electron chi connectivity index (χ4n) is 2.50. The van der Waals surface area contributed by atoms with E-state index in [1.54, 1.807) is 54.6 Å². The predicted octanol–water partition coefficient (Wildman–Crippen LogP) is 0.384. The standard InChI is InChI=1S/C17H15N5O3/c18-20-17(25)14(19-15(23)10-6-2-1-3-7-10)13-11-8-4-5-9-12(11)16(24)22-21-13/h1-9,14H,18H2,(H,19,23)(H,20,25)(H,22,24)/t14-/m1/s1. The number of carbonyl (C=O) groups excluding carboxylic acids is 2. The lowest BCUT2D eigenvalue weighted by Crippen LogP contribution is -2.44. The Morgan fingerprint density at radius 3 is 2.32 bits per heavy atom. The Morgan fingerprint density at radius 1 is 1.00 bits per heavy atom. The molecule has 5 N–H and O–H groups in total. The molecular weight excluding hydrogens is 322 g/mol. The highest BCUT2D eigenvalue weighted by molar-refractivity contribution is 5.99. The molecule has 0 aliphatic rings. The van der Waals surface area contributed by atoms with Crippen LogP contribution in [0.4, 0.5) is 0 Å². The lowest BCUT2D eigenvalue weighted by Gasteiger charge is -2.18. The van der Waals surface area contributed by atoms with Crippen LogP contribution in [0.2, 0.25) is 0 Å². The van der Waals surface area contributed by atoms with E-state index in [1.165, 1.54) is 0 Å². The first-order chi connectivity index (χ1) is 12.1. The third-order valence-corrected chi connectivity index (χ3v) is 3.71. The number of aromatic nitrogens is 2. The molecule has 0 saturated carbocycles. The number of rotatable bonds is 4. The second-order valence-corrected chi connectivity index (χ2v) is 5.26. The van der Waals surface area contributed by atoms with Gasteiger partial charge in [-0.05, 0) is 18.2 Å². The number of hydrogen-bond donors (Lipinski definition) is 4. The second-order valence-electron chi connectivity index (χ2n) is 5.26. The highest BCUT2D eigenvalue weighted by Gasteiger charge is 2.26. The summed E-state index contributed by atoms with van der Waals surface area (Å²) in [5, 5.41) is 9.70. The highest BCUT2D eigenvalue weighted by Crippen LogP contribution is 2.20. The normalized spacial score (nSPS) is 11.7. The van der Waals surface area contributed by atoms with E-state index in [4.69, 9.17) is 5.84 Å². The van der Waals surface area contributed by atoms with Crippen LogP contribution in [0, 0.1) is 0 Å². The van der Waals surface area contributed by atoms with E-state index in [1.807, 2.05) is 5.43 Å². The molecule has 0 spiro atoms. The van der Waals surface area contributed by atoms with Crippen molar-refractivity contribution in [3.8, 4) is 0 Å². The van der Waals surface area contributed by atoms with Gasteiger partial charge in [-0.2, -0.15) is 5.10 Å². The van der Waals surface area contributed by atoms with Crippen LogP contribution in [-0.2, 0) is 4.79 Å². The van der Waals surface area contributed by atoms with E-state index >= 15 is 0 Å². The zero-order valence-corrected chi connectivity index (χ0v) is 13.0. The molecule has 0 fully saturated rings. The number of benzene rings is 2. The van der Waals surface area contributed by atoms with Crippen LogP contribution in [0.3, 0.4) is 0 Å². The van der Waals surface area contributed by atoms with Crippen LogP contribution in [-0.4, -0.2) is 22.0 Å². The lowest BCUT2D eigenvalue weighted by molar-refractivity contribution is -0.123. The molecule has 0 aliphatic heterocycles. The monoisotopic (exact) mass is 337 g/mol. The van der Waals surface area contributed by atoms with Crippen molar-refractivity contribution in [2.75, 3.05) is 0 Å². The summed E-state index contributed by atoms with van der Waals surface area (Å²) < 4.78 is 0. The van der Waals surface area contributed by atoms with Gasteiger partial charge in [0, 0.05) is 10.9 Å². The number of amides is 2. The molecule has 1 heterocycles. The number of carbonyl (C=O) groups is 2. The van der Waals surface area contributed by atoms with Crippen LogP contribution in [0.25, 0.3) is 10.8 Å². The largest absolute Gasteiger partial charge is 0.335 e. The van der Waals surface area contributed by atoms with Crippen molar-refractivity contribution in [2.45, 2.75) is 6.04 Å². The number of hydrazine groups is 1. The van der Waals surface area contributed by atoms with Gasteiger partial charge in [-0.15, -0.1) is 0 Å². The molecule has 8 nitrogen and oxygen atoms in total. The molecule has 3 rings (SSSR count). The molecular formula is C17H15N5O3. The Bertz CT molecular complexity index is 984. The van der Waals surface area contributed by atoms with Crippen molar-refractivity contribution in [3.05, 3.63) is 76.2 Å². The zero-order chi connectivity index (χ0) is 17.8. The molecule has 0 saturated heterocycles. The average molecular weight is 337 g/mol. The molecule has 0 aliphatic carbocycles. The van der Waals surface area contributed by atoms with Crippen molar-refractivity contribution >= 4 is 22.6 Å². The summed E-state index contributed by atoms with van der Waals surface area (Å²) in [5.74, 6) is 4.12. The number of nitrogens with one attached hydrogen (secondary N) is 3. The van der Waals surface area contributed by atoms with Gasteiger partial charge in [0.15, 0.2) is 6.04 Å². The van der Waals surface area contributed by atoms with Crippen molar-refractivity contribution in [1.29, 1.82) is 0 Å². The fraction of sp³-hybridized carbons (Fsp3) is 0.0588. The quantitative estimate of drug-likeness (QED) is 0.311. The third kappa shape index (κ3) is 3.24. The molecule has 0 bridgehead atoms. The van der Waals surface area contributed by atoms with Gasteiger partial charge in [0.2, 0.25) is 0 Å². The first-order valence-electron chi connectivity index (χ1n) is 7.45. The molecule has 3 aromatic rings. The number of H-pyrrole nitrogens is 1. The number of fused-ring (bicyclic) bond motifs is 1. The minimum atomic E-state index is -1.17. The summed E-state index contributed by atoms with van der Waals surface area (Å²) in [4.78, 5) is 36.6. The smallest absolute Gasteiger partial charge is 0.272 e. The van der Waals surface area contributed by atoms with Gasteiger partial charge >= 0.3 is 0 Å². The van der Waals surface area contributed by atoms with E-state index in [0.29, 0.717) is 16.3 Å². The van der Waals surface area contributed by atoms with Crippen molar-refractivity contribution in [3.63, 3.8) is 0 Å². The first-order valence-corrected chi connectivity index (χ1v) is 7.45. The van der Waals surface area contributed by atoms with Gasteiger partial charge in [-0.25, -0.2) is 10.9 Å². The summed E-state index contributed by atoms with van der Waals surface area (Å²) in [7, 11) is 0. The van der Waals surface area contributed by atoms with Crippen LogP contribution in [0.1, 0.15) is 22.1 Å². The van der Waals surface area contributed by atoms with Gasteiger partial charge in [-0.3, -0.25) is 19.8 Å². The number of nitrogens with two attached hydrogens (primary N) is 1. The minimum absolute atomic E-state index is 0.197. The predicted molar refractivity (Wildman–Crippen MR) is 91.3 cm³/mol. The number of nitrogens with zero attached hydrogens (tertiary/aromatic N) is 1. The van der Waals surface area contributed by atoms with E-state index in [-0.39, 0.29) is 11.3 Å². The fourth-order valence-corrected chi connectivity index (χ4v) is 2.50. The third-order valence-electron chi connectivity index (χ3n) is 3.71. The SMILES string of the molecule is NNC(=O)[C@H](NC(=O)c1ccccc1)c1n[nH]c(=O)c2ccccc12. The van der Waals surface area contributed by atoms with Crippen molar-refractivity contribution in [1.82, 2.24) is 20.9 Å². The summed E-state index contributed by atoms with van der Waals surface area (Å²) in [6.45, 7) is 0. The second kappa shape index (κ2) is 6.93. The molecule has 126 valence electrons. The van der Waals surface area contributed by atoms with Crippen LogP contribution in [0.5, 0.6) is 0 Å². The van der Waals surface area contributed by atoms with Crippen molar-refractivity contribution in [2.24, 2.45) is 5.84 Å². The zero-order valence-electron chi connectivity index (χ0n) is 13.0. The first kappa shape index (κ1) is 16.3. The molecule has 1 aromatic heterocycles. The molecule has 2 amide bonds. The van der Waals surface area contributed by atoms with Crippen LogP contribution >= 0.6 is 0 Å². The van der Waals surface area contributed by atoms with Gasteiger partial charge in [0.05, 0.1) is 5.39 Å². The Balaban J connectivity index is 2.06. The summed E-state index contributed by atoms with van der Waals surface area (Å²) in [6, 6.07) is 13.9. The molecule has 2 aromatic carbocycles. The Labute approximate surface area is 142 Å². The van der Waals surface area contributed by atoms with Crippen LogP contribution in [0.15, 0.2) is 59.4 Å². The molecule has 0 unspecified atom stereocenters. The Kier molecular flexibility index (Phi) is 4.53. The van der Waals surface area contributed by atoms with E-state index < -0.39 is 17.9 Å². The molecule has 1 atom stereocenters. The maximum absolute atomic E-state index is 12.4. The maximum atomic E-state index is 12.4. The topological polar surface area (TPSA) is 130 Å². The molecule has 0 radical (unpaired) electrons. The van der Waals surface area contributed by atoms with Gasteiger partial charge < -0.3 is 5.32 Å². The van der Waals surface area contributed by atoms with E-state index in [0.717, 1.165) is 0 Å². The summed E-state index contributed by atoms with van der Waals surface area (Å²) in [6.07, 6.45) is 0.